The Kier molecular flexibility index (Phi) is 2.43. The van der Waals surface area contributed by atoms with Crippen LogP contribution < -0.4 is 0 Å². The summed E-state index contributed by atoms with van der Waals surface area (Å²) >= 11 is 0. The van der Waals surface area contributed by atoms with Gasteiger partial charge in [0.25, 0.3) is 0 Å². The van der Waals surface area contributed by atoms with Gasteiger partial charge in [-0.3, -0.25) is 4.79 Å². The maximum absolute atomic E-state index is 11.1. The van der Waals surface area contributed by atoms with Crippen LogP contribution in [0.3, 0.4) is 0 Å². The van der Waals surface area contributed by atoms with Crippen LogP contribution in [-0.4, -0.2) is 5.78 Å². The Hall–Kier alpha value is -0.850. The molecular formula is C9H12O. The minimum atomic E-state index is 0.162. The van der Waals surface area contributed by atoms with Crippen molar-refractivity contribution in [3.8, 4) is 0 Å². The molecule has 1 atom stereocenters. The summed E-state index contributed by atoms with van der Waals surface area (Å²) in [5.74, 6) is 0.510. The Labute approximate surface area is 61.4 Å². The lowest BCUT2D eigenvalue weighted by Crippen LogP contribution is -2.10. The van der Waals surface area contributed by atoms with Crippen LogP contribution in [0.5, 0.6) is 0 Å². The second-order valence-electron chi connectivity index (χ2n) is 2.48. The van der Waals surface area contributed by atoms with Gasteiger partial charge in [-0.25, -0.2) is 0 Å². The Morgan fingerprint density at radius 1 is 1.60 bits per heavy atom. The molecule has 0 heterocycles. The monoisotopic (exact) mass is 136 g/mol. The van der Waals surface area contributed by atoms with E-state index in [9.17, 15) is 4.79 Å². The zero-order valence-electron chi connectivity index (χ0n) is 6.21. The fourth-order valence-corrected chi connectivity index (χ4v) is 1.08. The number of carbonyl (C=O) groups is 1. The number of allylic oxidation sites excluding steroid dienone is 4. The lowest BCUT2D eigenvalue weighted by molar-refractivity contribution is -0.121. The van der Waals surface area contributed by atoms with Crippen molar-refractivity contribution in [1.29, 1.82) is 0 Å². The molecule has 0 saturated heterocycles. The van der Waals surface area contributed by atoms with Gasteiger partial charge < -0.3 is 0 Å². The van der Waals surface area contributed by atoms with Crippen LogP contribution in [0.4, 0.5) is 0 Å². The topological polar surface area (TPSA) is 17.1 Å². The Morgan fingerprint density at radius 2 is 2.40 bits per heavy atom. The minimum Gasteiger partial charge on any atom is -0.299 e. The molecule has 54 valence electrons. The zero-order chi connectivity index (χ0) is 7.40. The van der Waals surface area contributed by atoms with Crippen molar-refractivity contribution in [3.05, 3.63) is 24.3 Å². The average molecular weight is 136 g/mol. The SMILES string of the molecule is CCC(=O)C1C=CC=CC1. The van der Waals surface area contributed by atoms with Crippen molar-refractivity contribution in [2.45, 2.75) is 19.8 Å². The quantitative estimate of drug-likeness (QED) is 0.568. The van der Waals surface area contributed by atoms with Gasteiger partial charge in [0.2, 0.25) is 0 Å². The predicted molar refractivity (Wildman–Crippen MR) is 41.7 cm³/mol. The molecule has 0 aromatic heterocycles. The first-order valence-corrected chi connectivity index (χ1v) is 3.70. The maximum Gasteiger partial charge on any atom is 0.139 e. The van der Waals surface area contributed by atoms with Crippen LogP contribution in [0, 0.1) is 5.92 Å². The molecule has 0 bridgehead atoms. The van der Waals surface area contributed by atoms with Crippen molar-refractivity contribution in [2.75, 3.05) is 0 Å². The molecule has 1 aliphatic carbocycles. The van der Waals surface area contributed by atoms with E-state index in [0.29, 0.717) is 12.2 Å². The highest BCUT2D eigenvalue weighted by Gasteiger charge is 2.11. The van der Waals surface area contributed by atoms with E-state index >= 15 is 0 Å². The lowest BCUT2D eigenvalue weighted by atomic mass is 9.95. The summed E-state index contributed by atoms with van der Waals surface area (Å²) < 4.78 is 0. The molecule has 0 saturated carbocycles. The normalized spacial score (nSPS) is 23.1. The van der Waals surface area contributed by atoms with E-state index in [1.54, 1.807) is 0 Å². The summed E-state index contributed by atoms with van der Waals surface area (Å²) in [6, 6.07) is 0. The number of rotatable bonds is 2. The fraction of sp³-hybridized carbons (Fsp3) is 0.444. The largest absolute Gasteiger partial charge is 0.299 e. The highest BCUT2D eigenvalue weighted by Crippen LogP contribution is 2.13. The van der Waals surface area contributed by atoms with Gasteiger partial charge >= 0.3 is 0 Å². The van der Waals surface area contributed by atoms with Crippen LogP contribution in [0.15, 0.2) is 24.3 Å². The van der Waals surface area contributed by atoms with E-state index in [1.807, 2.05) is 31.2 Å². The Balaban J connectivity index is 2.51. The Bertz CT molecular complexity index is 177. The maximum atomic E-state index is 11.1. The zero-order valence-corrected chi connectivity index (χ0v) is 6.21. The molecule has 1 aliphatic rings. The first-order chi connectivity index (χ1) is 4.84. The molecule has 0 N–H and O–H groups in total. The molecule has 0 aromatic rings. The number of carbonyl (C=O) groups excluding carboxylic acids is 1. The first kappa shape index (κ1) is 7.26. The summed E-state index contributed by atoms with van der Waals surface area (Å²) in [5, 5.41) is 0. The van der Waals surface area contributed by atoms with E-state index < -0.39 is 0 Å². The smallest absolute Gasteiger partial charge is 0.139 e. The van der Waals surface area contributed by atoms with E-state index in [-0.39, 0.29) is 5.92 Å². The van der Waals surface area contributed by atoms with Crippen LogP contribution >= 0.6 is 0 Å². The summed E-state index contributed by atoms with van der Waals surface area (Å²) in [6.07, 6.45) is 9.50. The summed E-state index contributed by atoms with van der Waals surface area (Å²) in [4.78, 5) is 11.1. The number of ketones is 1. The highest BCUT2D eigenvalue weighted by atomic mass is 16.1. The van der Waals surface area contributed by atoms with Crippen molar-refractivity contribution >= 4 is 5.78 Å². The molecule has 0 spiro atoms. The molecule has 1 nitrogen and oxygen atoms in total. The van der Waals surface area contributed by atoms with Gasteiger partial charge in [0, 0.05) is 12.3 Å². The van der Waals surface area contributed by atoms with Gasteiger partial charge in [-0.1, -0.05) is 31.2 Å². The third kappa shape index (κ3) is 1.56. The minimum absolute atomic E-state index is 0.162. The van der Waals surface area contributed by atoms with Crippen LogP contribution in [0.1, 0.15) is 19.8 Å². The highest BCUT2D eigenvalue weighted by molar-refractivity contribution is 5.82. The molecule has 0 aromatic carbocycles. The van der Waals surface area contributed by atoms with Gasteiger partial charge in [-0.15, -0.1) is 0 Å². The summed E-state index contributed by atoms with van der Waals surface area (Å²) in [5.41, 5.74) is 0. The van der Waals surface area contributed by atoms with Crippen molar-refractivity contribution in [3.63, 3.8) is 0 Å². The second-order valence-corrected chi connectivity index (χ2v) is 2.48. The van der Waals surface area contributed by atoms with Crippen molar-refractivity contribution in [2.24, 2.45) is 5.92 Å². The van der Waals surface area contributed by atoms with E-state index in [4.69, 9.17) is 0 Å². The molecule has 1 unspecified atom stereocenters. The van der Waals surface area contributed by atoms with Gasteiger partial charge in [0.15, 0.2) is 0 Å². The molecule has 0 amide bonds. The third-order valence-electron chi connectivity index (χ3n) is 1.74. The van der Waals surface area contributed by atoms with Crippen LogP contribution in [-0.2, 0) is 4.79 Å². The van der Waals surface area contributed by atoms with Gasteiger partial charge in [-0.2, -0.15) is 0 Å². The standard InChI is InChI=1S/C9H12O/c1-2-9(10)8-6-4-3-5-7-8/h3-6,8H,2,7H2,1H3. The molecule has 0 fully saturated rings. The molecule has 0 radical (unpaired) electrons. The third-order valence-corrected chi connectivity index (χ3v) is 1.74. The van der Waals surface area contributed by atoms with E-state index in [2.05, 4.69) is 0 Å². The first-order valence-electron chi connectivity index (χ1n) is 3.70. The Morgan fingerprint density at radius 3 is 2.90 bits per heavy atom. The van der Waals surface area contributed by atoms with Gasteiger partial charge in [0.05, 0.1) is 0 Å². The van der Waals surface area contributed by atoms with Gasteiger partial charge in [-0.05, 0) is 6.42 Å². The molecular weight excluding hydrogens is 124 g/mol. The second kappa shape index (κ2) is 3.35. The number of hydrogen-bond acceptors (Lipinski definition) is 1. The summed E-state index contributed by atoms with van der Waals surface area (Å²) in [7, 11) is 0. The van der Waals surface area contributed by atoms with Crippen LogP contribution in [0.2, 0.25) is 0 Å². The molecule has 10 heavy (non-hydrogen) atoms. The van der Waals surface area contributed by atoms with E-state index in [0.717, 1.165) is 6.42 Å². The van der Waals surface area contributed by atoms with E-state index in [1.165, 1.54) is 0 Å². The fourth-order valence-electron chi connectivity index (χ4n) is 1.08. The lowest BCUT2D eigenvalue weighted by Gasteiger charge is -2.08. The molecule has 0 aliphatic heterocycles. The molecule has 1 rings (SSSR count). The van der Waals surface area contributed by atoms with Crippen LogP contribution in [0.25, 0.3) is 0 Å². The predicted octanol–water partition coefficient (Wildman–Crippen LogP) is 2.10. The molecule has 1 heteroatoms. The summed E-state index contributed by atoms with van der Waals surface area (Å²) in [6.45, 7) is 1.91. The van der Waals surface area contributed by atoms with Crippen molar-refractivity contribution in [1.82, 2.24) is 0 Å². The van der Waals surface area contributed by atoms with Crippen molar-refractivity contribution < 1.29 is 4.79 Å². The number of hydrogen-bond donors (Lipinski definition) is 0. The average Bonchev–Trinajstić information content (AvgIpc) is 2.05. The number of Topliss-reactive ketones (excluding diaryl/α,β-unsaturated/α-hetero) is 1. The van der Waals surface area contributed by atoms with Gasteiger partial charge in [0.1, 0.15) is 5.78 Å².